The predicted octanol–water partition coefficient (Wildman–Crippen LogP) is 10.3. The van der Waals surface area contributed by atoms with Gasteiger partial charge in [0.05, 0.1) is 19.3 Å². The van der Waals surface area contributed by atoms with Crippen LogP contribution in [0.4, 0.5) is 0 Å². The molecule has 0 amide bonds. The molecule has 0 fully saturated rings. The lowest BCUT2D eigenvalue weighted by Crippen LogP contribution is -2.29. The van der Waals surface area contributed by atoms with Crippen LogP contribution in [0.3, 0.4) is 0 Å². The van der Waals surface area contributed by atoms with E-state index in [1.807, 2.05) is 42.5 Å². The standard InChI is InChI=1S/C45H74NO10P/c1-5-7-9-10-17-23-28-40(47)29-24-18-13-11-12-14-20-26-32-44(48)52-36-41(37-54-57(50,51)53-35-34-46)55-45(49)33-27-21-16-15-19-25-31-43-39(4)38(3)42(56-43)30-22-8-6-2/h7,9,12-14,17-18,23-24,29,40-41,47H,5-6,8,10-11,15-16,19-22,25-28,30-37,46H2,1-4H3,(H,50,51)/b9-7-,14-12-,18-13-,23-17-,29-24+/t40?,41-/m1/s1. The molecule has 0 radical (unpaired) electrons. The van der Waals surface area contributed by atoms with Crippen LogP contribution in [0.5, 0.6) is 0 Å². The van der Waals surface area contributed by atoms with Crippen LogP contribution in [0.25, 0.3) is 0 Å². The summed E-state index contributed by atoms with van der Waals surface area (Å²) in [6.07, 6.45) is 34.1. The van der Waals surface area contributed by atoms with Gasteiger partial charge in [-0.2, -0.15) is 0 Å². The van der Waals surface area contributed by atoms with E-state index >= 15 is 0 Å². The number of carbonyl (C=O) groups is 2. The number of allylic oxidation sites excluding steroid dienone is 8. The molecule has 12 heteroatoms. The second-order valence-electron chi connectivity index (χ2n) is 14.3. The van der Waals surface area contributed by atoms with Crippen molar-refractivity contribution in [3.8, 4) is 0 Å². The first kappa shape index (κ1) is 52.0. The molecule has 4 N–H and O–H groups in total. The number of esters is 2. The molecule has 1 rings (SSSR count). The summed E-state index contributed by atoms with van der Waals surface area (Å²) in [6.45, 7) is 7.67. The highest BCUT2D eigenvalue weighted by Crippen LogP contribution is 2.43. The zero-order valence-electron chi connectivity index (χ0n) is 35.4. The SMILES string of the molecule is CC/C=C\C/C=C\CC(O)/C=C/C=C\C/C=C\CCCC(=O)OC[C@H](COP(=O)(O)OCCN)OC(=O)CCCCCCCCc1oc(CCCCC)c(C)c1C. The van der Waals surface area contributed by atoms with E-state index in [0.29, 0.717) is 25.7 Å². The van der Waals surface area contributed by atoms with Crippen LogP contribution in [0.15, 0.2) is 65.2 Å². The van der Waals surface area contributed by atoms with Gasteiger partial charge in [0.2, 0.25) is 0 Å². The predicted molar refractivity (Wildman–Crippen MR) is 229 cm³/mol. The number of unbranched alkanes of at least 4 members (excludes halogenated alkanes) is 8. The lowest BCUT2D eigenvalue weighted by Gasteiger charge is -2.19. The molecule has 0 bridgehead atoms. The number of aliphatic hydroxyl groups excluding tert-OH is 1. The minimum absolute atomic E-state index is 0.0255. The van der Waals surface area contributed by atoms with Crippen LogP contribution in [0.1, 0.15) is 146 Å². The minimum Gasteiger partial charge on any atom is -0.466 e. The van der Waals surface area contributed by atoms with Gasteiger partial charge in [-0.1, -0.05) is 113 Å². The molecule has 0 saturated heterocycles. The molecule has 11 nitrogen and oxygen atoms in total. The third-order valence-electron chi connectivity index (χ3n) is 9.20. The average molecular weight is 820 g/mol. The number of carbonyl (C=O) groups excluding carboxylic acids is 2. The number of phosphoric acid groups is 1. The van der Waals surface area contributed by atoms with Gasteiger partial charge in [0.1, 0.15) is 18.1 Å². The van der Waals surface area contributed by atoms with Crippen molar-refractivity contribution in [3.63, 3.8) is 0 Å². The summed E-state index contributed by atoms with van der Waals surface area (Å²) in [7, 11) is -4.42. The number of phosphoric ester groups is 1. The second kappa shape index (κ2) is 33.9. The Morgan fingerprint density at radius 2 is 1.39 bits per heavy atom. The lowest BCUT2D eigenvalue weighted by atomic mass is 10.0. The molecular weight excluding hydrogens is 745 g/mol. The number of aryl methyl sites for hydroxylation is 2. The highest BCUT2D eigenvalue weighted by molar-refractivity contribution is 7.47. The fourth-order valence-corrected chi connectivity index (χ4v) is 6.52. The molecule has 0 aliphatic carbocycles. The van der Waals surface area contributed by atoms with Crippen molar-refractivity contribution in [2.24, 2.45) is 5.73 Å². The van der Waals surface area contributed by atoms with E-state index in [4.69, 9.17) is 28.7 Å². The van der Waals surface area contributed by atoms with Gasteiger partial charge in [0.25, 0.3) is 0 Å². The van der Waals surface area contributed by atoms with Crippen molar-refractivity contribution in [2.45, 2.75) is 162 Å². The third-order valence-corrected chi connectivity index (χ3v) is 10.2. The van der Waals surface area contributed by atoms with Gasteiger partial charge in [-0.3, -0.25) is 18.6 Å². The first-order valence-corrected chi connectivity index (χ1v) is 22.7. The maximum atomic E-state index is 12.7. The maximum absolute atomic E-state index is 12.7. The van der Waals surface area contributed by atoms with Gasteiger partial charge >= 0.3 is 19.8 Å². The van der Waals surface area contributed by atoms with E-state index in [0.717, 1.165) is 82.1 Å². The average Bonchev–Trinajstić information content (AvgIpc) is 3.45. The number of rotatable bonds is 35. The molecule has 1 aromatic rings. The molecule has 0 aliphatic heterocycles. The molecule has 0 aliphatic rings. The summed E-state index contributed by atoms with van der Waals surface area (Å²) in [5.41, 5.74) is 7.92. The molecule has 2 unspecified atom stereocenters. The minimum atomic E-state index is -4.42. The van der Waals surface area contributed by atoms with Crippen LogP contribution >= 0.6 is 7.82 Å². The van der Waals surface area contributed by atoms with Gasteiger partial charge < -0.3 is 29.6 Å². The van der Waals surface area contributed by atoms with Crippen LogP contribution in [-0.2, 0) is 45.5 Å². The summed E-state index contributed by atoms with van der Waals surface area (Å²) < 4.78 is 38.9. The molecular formula is C45H74NO10P. The van der Waals surface area contributed by atoms with Crippen molar-refractivity contribution in [2.75, 3.05) is 26.4 Å². The topological polar surface area (TPSA) is 168 Å². The second-order valence-corrected chi connectivity index (χ2v) is 15.7. The number of nitrogens with two attached hydrogens (primary N) is 1. The van der Waals surface area contributed by atoms with Gasteiger partial charge in [-0.05, 0) is 82.8 Å². The molecule has 1 aromatic heterocycles. The van der Waals surface area contributed by atoms with Crippen LogP contribution in [0.2, 0.25) is 0 Å². The largest absolute Gasteiger partial charge is 0.472 e. The van der Waals surface area contributed by atoms with Crippen molar-refractivity contribution in [1.29, 1.82) is 0 Å². The van der Waals surface area contributed by atoms with E-state index in [9.17, 15) is 24.2 Å². The normalized spacial score (nSPS) is 14.4. The van der Waals surface area contributed by atoms with Crippen molar-refractivity contribution < 1.29 is 47.1 Å². The number of hydrogen-bond acceptors (Lipinski definition) is 10. The van der Waals surface area contributed by atoms with E-state index in [1.165, 1.54) is 24.0 Å². The maximum Gasteiger partial charge on any atom is 0.472 e. The molecule has 0 saturated carbocycles. The molecule has 3 atom stereocenters. The molecule has 0 aromatic carbocycles. The van der Waals surface area contributed by atoms with E-state index in [-0.39, 0.29) is 32.6 Å². The fourth-order valence-electron chi connectivity index (χ4n) is 5.75. The highest BCUT2D eigenvalue weighted by atomic mass is 31.2. The number of hydrogen-bond donors (Lipinski definition) is 3. The van der Waals surface area contributed by atoms with Crippen LogP contribution < -0.4 is 5.73 Å². The van der Waals surface area contributed by atoms with Gasteiger partial charge in [-0.25, -0.2) is 4.57 Å². The summed E-state index contributed by atoms with van der Waals surface area (Å²) in [5, 5.41) is 10.0. The van der Waals surface area contributed by atoms with E-state index < -0.39 is 38.6 Å². The Labute approximate surface area is 343 Å². The Balaban J connectivity index is 2.37. The van der Waals surface area contributed by atoms with Crippen molar-refractivity contribution in [3.05, 3.63) is 83.4 Å². The molecule has 1 heterocycles. The van der Waals surface area contributed by atoms with Crippen molar-refractivity contribution in [1.82, 2.24) is 0 Å². The fraction of sp³-hybridized carbons (Fsp3) is 0.644. The number of ether oxygens (including phenoxy) is 2. The zero-order valence-corrected chi connectivity index (χ0v) is 36.3. The number of aliphatic hydroxyl groups is 1. The third kappa shape index (κ3) is 28.1. The first-order valence-electron chi connectivity index (χ1n) is 21.2. The molecule has 57 heavy (non-hydrogen) atoms. The monoisotopic (exact) mass is 820 g/mol. The summed E-state index contributed by atoms with van der Waals surface area (Å²) in [4.78, 5) is 35.0. The number of furan rings is 1. The van der Waals surface area contributed by atoms with Crippen molar-refractivity contribution >= 4 is 19.8 Å². The van der Waals surface area contributed by atoms with Gasteiger partial charge in [-0.15, -0.1) is 0 Å². The first-order chi connectivity index (χ1) is 27.5. The van der Waals surface area contributed by atoms with E-state index in [2.05, 4.69) is 39.8 Å². The van der Waals surface area contributed by atoms with Crippen LogP contribution in [-0.4, -0.2) is 60.5 Å². The summed E-state index contributed by atoms with van der Waals surface area (Å²) >= 11 is 0. The van der Waals surface area contributed by atoms with Gasteiger partial charge in [0.15, 0.2) is 6.10 Å². The Kier molecular flexibility index (Phi) is 30.9. The van der Waals surface area contributed by atoms with Crippen LogP contribution in [0, 0.1) is 13.8 Å². The molecule has 0 spiro atoms. The Bertz CT molecular complexity index is 1410. The van der Waals surface area contributed by atoms with Gasteiger partial charge in [0, 0.05) is 32.2 Å². The molecule has 324 valence electrons. The van der Waals surface area contributed by atoms with E-state index in [1.54, 1.807) is 6.08 Å². The smallest absolute Gasteiger partial charge is 0.466 e. The Hall–Kier alpha value is -3.05. The quantitative estimate of drug-likeness (QED) is 0.0196. The highest BCUT2D eigenvalue weighted by Gasteiger charge is 2.26. The summed E-state index contributed by atoms with van der Waals surface area (Å²) in [6, 6.07) is 0. The summed E-state index contributed by atoms with van der Waals surface area (Å²) in [5.74, 6) is 1.27. The Morgan fingerprint density at radius 3 is 2.09 bits per heavy atom. The lowest BCUT2D eigenvalue weighted by molar-refractivity contribution is -0.161. The zero-order chi connectivity index (χ0) is 42.0. The Morgan fingerprint density at radius 1 is 0.754 bits per heavy atom.